The Kier molecular flexibility index (Phi) is 7.91. The molecule has 0 aliphatic rings. The summed E-state index contributed by atoms with van der Waals surface area (Å²) in [6.45, 7) is 7.62. The Bertz CT molecular complexity index is 358. The maximum absolute atomic E-state index is 6.10. The van der Waals surface area contributed by atoms with Gasteiger partial charge in [-0.2, -0.15) is 0 Å². The molecular formula is C14H21BrClNO. The second-order valence-corrected chi connectivity index (χ2v) is 6.03. The van der Waals surface area contributed by atoms with Crippen LogP contribution < -0.4 is 5.32 Å². The molecule has 2 nitrogen and oxygen atoms in total. The van der Waals surface area contributed by atoms with Crippen LogP contribution in [-0.4, -0.2) is 19.8 Å². The van der Waals surface area contributed by atoms with Crippen LogP contribution in [0, 0.1) is 5.92 Å². The van der Waals surface area contributed by atoms with Gasteiger partial charge in [0.2, 0.25) is 0 Å². The van der Waals surface area contributed by atoms with Crippen molar-refractivity contribution >= 4 is 27.5 Å². The predicted molar refractivity (Wildman–Crippen MR) is 81.1 cm³/mol. The van der Waals surface area contributed by atoms with E-state index < -0.39 is 0 Å². The molecule has 1 N–H and O–H groups in total. The number of hydrogen-bond donors (Lipinski definition) is 1. The van der Waals surface area contributed by atoms with Gasteiger partial charge in [-0.05, 0) is 36.1 Å². The van der Waals surface area contributed by atoms with Crippen molar-refractivity contribution in [2.24, 2.45) is 5.92 Å². The number of rotatable bonds is 8. The van der Waals surface area contributed by atoms with Crippen molar-refractivity contribution < 1.29 is 4.74 Å². The molecule has 4 heteroatoms. The quantitative estimate of drug-likeness (QED) is 0.717. The second kappa shape index (κ2) is 8.92. The monoisotopic (exact) mass is 333 g/mol. The van der Waals surface area contributed by atoms with Crippen molar-refractivity contribution in [3.8, 4) is 0 Å². The Hall–Kier alpha value is -0.0900. The summed E-state index contributed by atoms with van der Waals surface area (Å²) in [6.07, 6.45) is 1.12. The molecule has 0 radical (unpaired) electrons. The van der Waals surface area contributed by atoms with Gasteiger partial charge >= 0.3 is 0 Å². The van der Waals surface area contributed by atoms with Gasteiger partial charge in [-0.3, -0.25) is 0 Å². The topological polar surface area (TPSA) is 21.3 Å². The van der Waals surface area contributed by atoms with E-state index >= 15 is 0 Å². The molecule has 18 heavy (non-hydrogen) atoms. The number of hydrogen-bond acceptors (Lipinski definition) is 2. The molecule has 0 heterocycles. The van der Waals surface area contributed by atoms with E-state index in [1.54, 1.807) is 0 Å². The molecule has 0 atom stereocenters. The molecule has 0 bridgehead atoms. The van der Waals surface area contributed by atoms with Crippen molar-refractivity contribution in [2.75, 3.05) is 19.8 Å². The molecular weight excluding hydrogens is 314 g/mol. The summed E-state index contributed by atoms with van der Waals surface area (Å²) < 4.78 is 6.58. The highest BCUT2D eigenvalue weighted by Crippen LogP contribution is 2.20. The van der Waals surface area contributed by atoms with E-state index in [9.17, 15) is 0 Å². The molecule has 0 saturated heterocycles. The minimum Gasteiger partial charge on any atom is -0.380 e. The van der Waals surface area contributed by atoms with Gasteiger partial charge in [0.25, 0.3) is 0 Å². The number of benzene rings is 1. The lowest BCUT2D eigenvalue weighted by molar-refractivity contribution is 0.125. The highest BCUT2D eigenvalue weighted by Gasteiger charge is 2.00. The summed E-state index contributed by atoms with van der Waals surface area (Å²) in [5.74, 6) is 0.707. The van der Waals surface area contributed by atoms with E-state index in [1.807, 2.05) is 18.2 Å². The zero-order chi connectivity index (χ0) is 13.4. The standard InChI is InChI=1S/C14H21BrClNO/c1-11(2)5-7-18-8-6-17-10-12-9-13(15)3-4-14(12)16/h3-4,9,11,17H,5-8,10H2,1-2H3. The molecule has 0 spiro atoms. The Balaban J connectivity index is 2.12. The lowest BCUT2D eigenvalue weighted by Crippen LogP contribution is -2.20. The molecule has 0 saturated carbocycles. The van der Waals surface area contributed by atoms with E-state index in [1.165, 1.54) is 0 Å². The van der Waals surface area contributed by atoms with Gasteiger partial charge in [0.1, 0.15) is 0 Å². The van der Waals surface area contributed by atoms with Gasteiger partial charge in [0, 0.05) is 29.2 Å². The molecule has 0 aromatic heterocycles. The van der Waals surface area contributed by atoms with Gasteiger partial charge in [0.15, 0.2) is 0 Å². The SMILES string of the molecule is CC(C)CCOCCNCc1cc(Br)ccc1Cl. The third kappa shape index (κ3) is 6.74. The Morgan fingerprint density at radius 1 is 1.33 bits per heavy atom. The molecule has 1 aromatic carbocycles. The van der Waals surface area contributed by atoms with E-state index in [2.05, 4.69) is 35.1 Å². The van der Waals surface area contributed by atoms with Gasteiger partial charge < -0.3 is 10.1 Å². The first kappa shape index (κ1) is 16.0. The largest absolute Gasteiger partial charge is 0.380 e. The van der Waals surface area contributed by atoms with Crippen LogP contribution in [0.3, 0.4) is 0 Å². The molecule has 0 unspecified atom stereocenters. The van der Waals surface area contributed by atoms with E-state index in [0.717, 1.165) is 47.8 Å². The van der Waals surface area contributed by atoms with Crippen molar-refractivity contribution in [3.63, 3.8) is 0 Å². The number of ether oxygens (including phenoxy) is 1. The Morgan fingerprint density at radius 3 is 2.83 bits per heavy atom. The van der Waals surface area contributed by atoms with Gasteiger partial charge in [-0.15, -0.1) is 0 Å². The number of halogens is 2. The van der Waals surface area contributed by atoms with Crippen molar-refractivity contribution in [3.05, 3.63) is 33.3 Å². The fourth-order valence-corrected chi connectivity index (χ4v) is 2.06. The summed E-state index contributed by atoms with van der Waals surface area (Å²) >= 11 is 9.54. The van der Waals surface area contributed by atoms with Crippen LogP contribution in [-0.2, 0) is 11.3 Å². The van der Waals surface area contributed by atoms with E-state index in [-0.39, 0.29) is 0 Å². The molecule has 1 rings (SSSR count). The van der Waals surface area contributed by atoms with Gasteiger partial charge in [-0.25, -0.2) is 0 Å². The predicted octanol–water partition coefficient (Wildman–Crippen LogP) is 4.25. The fourth-order valence-electron chi connectivity index (χ4n) is 1.47. The molecule has 0 fully saturated rings. The Labute approximate surface area is 123 Å². The van der Waals surface area contributed by atoms with Crippen LogP contribution in [0.5, 0.6) is 0 Å². The molecule has 102 valence electrons. The van der Waals surface area contributed by atoms with Crippen LogP contribution >= 0.6 is 27.5 Å². The van der Waals surface area contributed by atoms with Crippen LogP contribution in [0.25, 0.3) is 0 Å². The van der Waals surface area contributed by atoms with Crippen LogP contribution in [0.4, 0.5) is 0 Å². The van der Waals surface area contributed by atoms with Gasteiger partial charge in [0.05, 0.1) is 6.61 Å². The summed E-state index contributed by atoms with van der Waals surface area (Å²) in [5, 5.41) is 4.13. The first-order valence-corrected chi connectivity index (χ1v) is 7.49. The maximum Gasteiger partial charge on any atom is 0.0591 e. The second-order valence-electron chi connectivity index (χ2n) is 4.71. The summed E-state index contributed by atoms with van der Waals surface area (Å²) in [4.78, 5) is 0. The zero-order valence-corrected chi connectivity index (χ0v) is 13.4. The first-order chi connectivity index (χ1) is 8.59. The van der Waals surface area contributed by atoms with E-state index in [0.29, 0.717) is 5.92 Å². The van der Waals surface area contributed by atoms with Crippen LogP contribution in [0.2, 0.25) is 5.02 Å². The average molecular weight is 335 g/mol. The van der Waals surface area contributed by atoms with Crippen LogP contribution in [0.1, 0.15) is 25.8 Å². The lowest BCUT2D eigenvalue weighted by Gasteiger charge is -2.09. The highest BCUT2D eigenvalue weighted by atomic mass is 79.9. The smallest absolute Gasteiger partial charge is 0.0591 e. The van der Waals surface area contributed by atoms with Crippen LogP contribution in [0.15, 0.2) is 22.7 Å². The third-order valence-corrected chi connectivity index (χ3v) is 3.45. The lowest BCUT2D eigenvalue weighted by atomic mass is 10.1. The zero-order valence-electron chi connectivity index (χ0n) is 11.0. The van der Waals surface area contributed by atoms with E-state index in [4.69, 9.17) is 16.3 Å². The van der Waals surface area contributed by atoms with Crippen molar-refractivity contribution in [1.29, 1.82) is 0 Å². The van der Waals surface area contributed by atoms with Crippen molar-refractivity contribution in [1.82, 2.24) is 5.32 Å². The molecule has 0 aliphatic carbocycles. The highest BCUT2D eigenvalue weighted by molar-refractivity contribution is 9.10. The average Bonchev–Trinajstić information content (AvgIpc) is 2.32. The van der Waals surface area contributed by atoms with Crippen molar-refractivity contribution in [2.45, 2.75) is 26.8 Å². The first-order valence-electron chi connectivity index (χ1n) is 6.32. The summed E-state index contributed by atoms with van der Waals surface area (Å²) in [5.41, 5.74) is 1.10. The normalized spacial score (nSPS) is 11.2. The summed E-state index contributed by atoms with van der Waals surface area (Å²) in [7, 11) is 0. The number of nitrogens with one attached hydrogen (secondary N) is 1. The van der Waals surface area contributed by atoms with Gasteiger partial charge in [-0.1, -0.05) is 41.4 Å². The minimum absolute atomic E-state index is 0.707. The minimum atomic E-state index is 0.707. The summed E-state index contributed by atoms with van der Waals surface area (Å²) in [6, 6.07) is 5.89. The molecule has 0 amide bonds. The fraction of sp³-hybridized carbons (Fsp3) is 0.571. The third-order valence-electron chi connectivity index (χ3n) is 2.59. The Morgan fingerprint density at radius 2 is 2.11 bits per heavy atom. The molecule has 1 aromatic rings. The maximum atomic E-state index is 6.10. The molecule has 0 aliphatic heterocycles.